The normalized spacial score (nSPS) is 11.6. The molecule has 8 heteroatoms. The van der Waals surface area contributed by atoms with Gasteiger partial charge in [0.25, 0.3) is 5.91 Å². The number of anilines is 1. The van der Waals surface area contributed by atoms with Crippen molar-refractivity contribution in [1.29, 1.82) is 0 Å². The number of benzene rings is 2. The van der Waals surface area contributed by atoms with Crippen molar-refractivity contribution < 1.29 is 13.2 Å². The molecule has 0 bridgehead atoms. The molecule has 0 fully saturated rings. The van der Waals surface area contributed by atoms with E-state index in [2.05, 4.69) is 5.32 Å². The fraction of sp³-hybridized carbons (Fsp3) is 0.316. The molecule has 1 amide bonds. The van der Waals surface area contributed by atoms with Gasteiger partial charge < -0.3 is 5.32 Å². The SMILES string of the molecule is CCSc1ccc(Cl)cc1NC(=O)c1ccc(S(=O)(=O)N(CC)CC)cc1. The first-order valence-electron chi connectivity index (χ1n) is 8.67. The van der Waals surface area contributed by atoms with E-state index in [4.69, 9.17) is 11.6 Å². The van der Waals surface area contributed by atoms with Crippen molar-refractivity contribution in [2.75, 3.05) is 24.2 Å². The number of sulfonamides is 1. The van der Waals surface area contributed by atoms with Gasteiger partial charge in [0.2, 0.25) is 10.0 Å². The van der Waals surface area contributed by atoms with Gasteiger partial charge in [0.05, 0.1) is 10.6 Å². The van der Waals surface area contributed by atoms with E-state index >= 15 is 0 Å². The summed E-state index contributed by atoms with van der Waals surface area (Å²) in [4.78, 5) is 13.7. The van der Waals surface area contributed by atoms with E-state index in [1.165, 1.54) is 28.6 Å². The molecule has 0 radical (unpaired) electrons. The quantitative estimate of drug-likeness (QED) is 0.619. The van der Waals surface area contributed by atoms with Gasteiger partial charge in [-0.05, 0) is 48.2 Å². The van der Waals surface area contributed by atoms with E-state index in [1.807, 2.05) is 13.0 Å². The number of thioether (sulfide) groups is 1. The molecule has 0 aliphatic heterocycles. The molecule has 0 atom stereocenters. The Morgan fingerprint density at radius 2 is 1.70 bits per heavy atom. The second-order valence-corrected chi connectivity index (χ2v) is 9.32. The summed E-state index contributed by atoms with van der Waals surface area (Å²) in [5.41, 5.74) is 1.01. The topological polar surface area (TPSA) is 66.5 Å². The molecule has 0 spiro atoms. The number of rotatable bonds is 8. The predicted molar refractivity (Wildman–Crippen MR) is 112 cm³/mol. The highest BCUT2D eigenvalue weighted by molar-refractivity contribution is 7.99. The maximum Gasteiger partial charge on any atom is 0.255 e. The molecular weight excluding hydrogens is 404 g/mol. The first kappa shape index (κ1) is 21.8. The van der Waals surface area contributed by atoms with Crippen LogP contribution in [0.25, 0.3) is 0 Å². The Hall–Kier alpha value is -1.54. The molecule has 0 heterocycles. The summed E-state index contributed by atoms with van der Waals surface area (Å²) >= 11 is 7.65. The lowest BCUT2D eigenvalue weighted by Gasteiger charge is -2.18. The molecule has 27 heavy (non-hydrogen) atoms. The number of amides is 1. The zero-order valence-electron chi connectivity index (χ0n) is 15.5. The Balaban J connectivity index is 2.23. The summed E-state index contributed by atoms with van der Waals surface area (Å²) in [7, 11) is -3.54. The number of nitrogens with one attached hydrogen (secondary N) is 1. The van der Waals surface area contributed by atoms with Crippen LogP contribution in [0.3, 0.4) is 0 Å². The smallest absolute Gasteiger partial charge is 0.255 e. The Bertz CT molecular complexity index is 896. The third kappa shape index (κ3) is 5.25. The molecule has 0 saturated heterocycles. The van der Waals surface area contributed by atoms with E-state index < -0.39 is 10.0 Å². The summed E-state index contributed by atoms with van der Waals surface area (Å²) < 4.78 is 26.4. The number of nitrogens with zero attached hydrogens (tertiary/aromatic N) is 1. The van der Waals surface area contributed by atoms with Gasteiger partial charge in [0.15, 0.2) is 0 Å². The van der Waals surface area contributed by atoms with Crippen LogP contribution >= 0.6 is 23.4 Å². The van der Waals surface area contributed by atoms with E-state index in [1.54, 1.807) is 37.7 Å². The summed E-state index contributed by atoms with van der Waals surface area (Å²) in [5.74, 6) is 0.546. The minimum absolute atomic E-state index is 0.174. The number of halogens is 1. The average molecular weight is 427 g/mol. The molecule has 0 saturated carbocycles. The van der Waals surface area contributed by atoms with Gasteiger partial charge in [0.1, 0.15) is 0 Å². The van der Waals surface area contributed by atoms with Crippen LogP contribution in [0.5, 0.6) is 0 Å². The van der Waals surface area contributed by atoms with Gasteiger partial charge in [-0.2, -0.15) is 4.31 Å². The average Bonchev–Trinajstić information content (AvgIpc) is 2.65. The molecule has 0 aliphatic rings. The molecule has 5 nitrogen and oxygen atoms in total. The number of hydrogen-bond donors (Lipinski definition) is 1. The van der Waals surface area contributed by atoms with Crippen molar-refractivity contribution in [3.8, 4) is 0 Å². The summed E-state index contributed by atoms with van der Waals surface area (Å²) in [5, 5.41) is 3.39. The summed E-state index contributed by atoms with van der Waals surface area (Å²) in [6.45, 7) is 6.40. The fourth-order valence-electron chi connectivity index (χ4n) is 2.57. The Labute approximate surface area is 170 Å². The minimum atomic E-state index is -3.54. The van der Waals surface area contributed by atoms with Gasteiger partial charge in [-0.25, -0.2) is 8.42 Å². The number of carbonyl (C=O) groups is 1. The predicted octanol–water partition coefficient (Wildman–Crippen LogP) is 4.73. The molecule has 0 unspecified atom stereocenters. The molecule has 0 aliphatic carbocycles. The molecule has 1 N–H and O–H groups in total. The van der Waals surface area contributed by atoms with Gasteiger partial charge >= 0.3 is 0 Å². The first-order chi connectivity index (χ1) is 12.8. The third-order valence-corrected chi connectivity index (χ3v) is 7.20. The highest BCUT2D eigenvalue weighted by Crippen LogP contribution is 2.30. The van der Waals surface area contributed by atoms with Crippen molar-refractivity contribution >= 4 is 45.0 Å². The lowest BCUT2D eigenvalue weighted by Crippen LogP contribution is -2.30. The maximum atomic E-state index is 12.6. The highest BCUT2D eigenvalue weighted by Gasteiger charge is 2.21. The second-order valence-electron chi connectivity index (χ2n) is 5.64. The van der Waals surface area contributed by atoms with Crippen molar-refractivity contribution in [3.63, 3.8) is 0 Å². The van der Waals surface area contributed by atoms with E-state index in [9.17, 15) is 13.2 Å². The molecule has 2 aromatic rings. The standard InChI is InChI=1S/C19H23ClN2O3S2/c1-4-22(5-2)27(24,25)16-10-7-14(8-11-16)19(23)21-17-13-15(20)9-12-18(17)26-6-3/h7-13H,4-6H2,1-3H3,(H,21,23). The van der Waals surface area contributed by atoms with Crippen molar-refractivity contribution in [1.82, 2.24) is 4.31 Å². The fourth-order valence-corrected chi connectivity index (χ4v) is 4.94. The van der Waals surface area contributed by atoms with Gasteiger partial charge in [-0.1, -0.05) is 32.4 Å². The second kappa shape index (κ2) is 9.59. The molecule has 2 rings (SSSR count). The molecule has 146 valence electrons. The lowest BCUT2D eigenvalue weighted by atomic mass is 10.2. The maximum absolute atomic E-state index is 12.6. The van der Waals surface area contributed by atoms with Crippen LogP contribution in [-0.4, -0.2) is 37.5 Å². The summed E-state index contributed by atoms with van der Waals surface area (Å²) in [6.07, 6.45) is 0. The molecule has 0 aromatic heterocycles. The summed E-state index contributed by atoms with van der Waals surface area (Å²) in [6, 6.07) is 11.3. The first-order valence-corrected chi connectivity index (χ1v) is 11.5. The van der Waals surface area contributed by atoms with E-state index in [0.717, 1.165) is 10.6 Å². The van der Waals surface area contributed by atoms with Gasteiger partial charge in [-0.3, -0.25) is 4.79 Å². The zero-order chi connectivity index (χ0) is 20.0. The highest BCUT2D eigenvalue weighted by atomic mass is 35.5. The van der Waals surface area contributed by atoms with Crippen molar-refractivity contribution in [2.45, 2.75) is 30.6 Å². The number of carbonyl (C=O) groups excluding carboxylic acids is 1. The lowest BCUT2D eigenvalue weighted by molar-refractivity contribution is 0.102. The van der Waals surface area contributed by atoms with Gasteiger partial charge in [0, 0.05) is 28.6 Å². The van der Waals surface area contributed by atoms with Crippen LogP contribution in [0.2, 0.25) is 5.02 Å². The Kier molecular flexibility index (Phi) is 7.73. The van der Waals surface area contributed by atoms with Crippen LogP contribution in [0.4, 0.5) is 5.69 Å². The molecular formula is C19H23ClN2O3S2. The Morgan fingerprint density at radius 3 is 2.26 bits per heavy atom. The van der Waals surface area contributed by atoms with Gasteiger partial charge in [-0.15, -0.1) is 11.8 Å². The van der Waals surface area contributed by atoms with Crippen LogP contribution in [0, 0.1) is 0 Å². The zero-order valence-corrected chi connectivity index (χ0v) is 17.9. The van der Waals surface area contributed by atoms with Crippen LogP contribution in [0.15, 0.2) is 52.3 Å². The van der Waals surface area contributed by atoms with E-state index in [0.29, 0.717) is 29.4 Å². The third-order valence-electron chi connectivity index (χ3n) is 3.95. The van der Waals surface area contributed by atoms with Crippen molar-refractivity contribution in [3.05, 3.63) is 53.1 Å². The Morgan fingerprint density at radius 1 is 1.07 bits per heavy atom. The monoisotopic (exact) mass is 426 g/mol. The van der Waals surface area contributed by atoms with Crippen LogP contribution in [-0.2, 0) is 10.0 Å². The molecule has 2 aromatic carbocycles. The number of hydrogen-bond acceptors (Lipinski definition) is 4. The van der Waals surface area contributed by atoms with E-state index in [-0.39, 0.29) is 10.8 Å². The minimum Gasteiger partial charge on any atom is -0.321 e. The van der Waals surface area contributed by atoms with Crippen LogP contribution in [0.1, 0.15) is 31.1 Å². The van der Waals surface area contributed by atoms with Crippen LogP contribution < -0.4 is 5.32 Å². The largest absolute Gasteiger partial charge is 0.321 e. The van der Waals surface area contributed by atoms with Crippen molar-refractivity contribution in [2.24, 2.45) is 0 Å².